The summed E-state index contributed by atoms with van der Waals surface area (Å²) in [5.41, 5.74) is 6.58. The number of anilines is 3. The van der Waals surface area contributed by atoms with Crippen molar-refractivity contribution in [3.63, 3.8) is 0 Å². The Morgan fingerprint density at radius 2 is 1.76 bits per heavy atom. The highest BCUT2D eigenvalue weighted by Crippen LogP contribution is 2.27. The second-order valence-corrected chi connectivity index (χ2v) is 4.40. The second kappa shape index (κ2) is 4.71. The zero-order valence-electron chi connectivity index (χ0n) is 8.68. The monoisotopic (exact) mass is 298 g/mol. The van der Waals surface area contributed by atoms with E-state index in [2.05, 4.69) is 21.2 Å². The van der Waals surface area contributed by atoms with Gasteiger partial charge in [0.15, 0.2) is 0 Å². The molecule has 2 rings (SSSR count). The molecule has 0 unspecified atom stereocenters. The number of halogens is 3. The maximum Gasteiger partial charge on any atom is 0.146 e. The van der Waals surface area contributed by atoms with E-state index < -0.39 is 11.6 Å². The molecule has 2 aromatic carbocycles. The molecule has 0 spiro atoms. The number of nitrogen functional groups attached to an aromatic ring is 1. The van der Waals surface area contributed by atoms with Crippen molar-refractivity contribution in [1.82, 2.24) is 0 Å². The first kappa shape index (κ1) is 11.9. The molecular formula is C12H9BrF2N2. The van der Waals surface area contributed by atoms with Crippen molar-refractivity contribution in [3.05, 3.63) is 52.5 Å². The predicted octanol–water partition coefficient (Wildman–Crippen LogP) is 4.05. The van der Waals surface area contributed by atoms with Crippen LogP contribution in [0.1, 0.15) is 0 Å². The van der Waals surface area contributed by atoms with Crippen molar-refractivity contribution in [2.45, 2.75) is 0 Å². The van der Waals surface area contributed by atoms with Gasteiger partial charge in [-0.1, -0.05) is 15.9 Å². The van der Waals surface area contributed by atoms with Crippen molar-refractivity contribution in [2.24, 2.45) is 0 Å². The van der Waals surface area contributed by atoms with E-state index in [1.165, 1.54) is 24.3 Å². The van der Waals surface area contributed by atoms with E-state index in [1.54, 1.807) is 12.1 Å². The lowest BCUT2D eigenvalue weighted by molar-refractivity contribution is 0.628. The number of benzene rings is 2. The van der Waals surface area contributed by atoms with E-state index >= 15 is 0 Å². The first-order valence-electron chi connectivity index (χ1n) is 4.83. The van der Waals surface area contributed by atoms with E-state index in [-0.39, 0.29) is 11.4 Å². The Morgan fingerprint density at radius 3 is 2.47 bits per heavy atom. The van der Waals surface area contributed by atoms with Crippen LogP contribution in [0.4, 0.5) is 25.8 Å². The summed E-state index contributed by atoms with van der Waals surface area (Å²) < 4.78 is 27.0. The largest absolute Gasteiger partial charge is 0.397 e. The minimum absolute atomic E-state index is 0.226. The fraction of sp³-hybridized carbons (Fsp3) is 0. The van der Waals surface area contributed by atoms with Crippen LogP contribution in [-0.4, -0.2) is 0 Å². The van der Waals surface area contributed by atoms with E-state index in [9.17, 15) is 8.78 Å². The van der Waals surface area contributed by atoms with E-state index in [0.717, 1.165) is 4.47 Å². The fourth-order valence-electron chi connectivity index (χ4n) is 1.39. The zero-order valence-corrected chi connectivity index (χ0v) is 10.3. The van der Waals surface area contributed by atoms with E-state index in [4.69, 9.17) is 5.73 Å². The van der Waals surface area contributed by atoms with Gasteiger partial charge in [0.05, 0.1) is 17.1 Å². The van der Waals surface area contributed by atoms with Crippen LogP contribution in [0.15, 0.2) is 40.9 Å². The topological polar surface area (TPSA) is 38.0 Å². The normalized spacial score (nSPS) is 10.3. The summed E-state index contributed by atoms with van der Waals surface area (Å²) in [5, 5.41) is 2.81. The van der Waals surface area contributed by atoms with Gasteiger partial charge in [-0.15, -0.1) is 0 Å². The van der Waals surface area contributed by atoms with Gasteiger partial charge in [0.1, 0.15) is 11.6 Å². The summed E-state index contributed by atoms with van der Waals surface area (Å²) in [4.78, 5) is 0. The molecule has 0 saturated heterocycles. The molecule has 0 aromatic heterocycles. The number of nitrogens with two attached hydrogens (primary N) is 1. The summed E-state index contributed by atoms with van der Waals surface area (Å²) >= 11 is 3.24. The van der Waals surface area contributed by atoms with Crippen LogP contribution in [0.5, 0.6) is 0 Å². The van der Waals surface area contributed by atoms with Crippen LogP contribution in [-0.2, 0) is 0 Å². The minimum Gasteiger partial charge on any atom is -0.397 e. The minimum atomic E-state index is -0.428. The molecule has 2 aromatic rings. The Morgan fingerprint density at radius 1 is 1.00 bits per heavy atom. The van der Waals surface area contributed by atoms with Gasteiger partial charge < -0.3 is 11.1 Å². The van der Waals surface area contributed by atoms with Crippen molar-refractivity contribution in [1.29, 1.82) is 0 Å². The average Bonchev–Trinajstić information content (AvgIpc) is 2.27. The highest BCUT2D eigenvalue weighted by atomic mass is 79.9. The van der Waals surface area contributed by atoms with Crippen LogP contribution in [0.2, 0.25) is 0 Å². The quantitative estimate of drug-likeness (QED) is 0.821. The number of rotatable bonds is 2. The number of hydrogen-bond donors (Lipinski definition) is 2. The van der Waals surface area contributed by atoms with Crippen molar-refractivity contribution >= 4 is 33.0 Å². The molecule has 0 bridgehead atoms. The smallest absolute Gasteiger partial charge is 0.146 e. The van der Waals surface area contributed by atoms with Crippen LogP contribution in [0.3, 0.4) is 0 Å². The summed E-state index contributed by atoms with van der Waals surface area (Å²) in [7, 11) is 0. The van der Waals surface area contributed by atoms with Crippen LogP contribution >= 0.6 is 15.9 Å². The average molecular weight is 299 g/mol. The van der Waals surface area contributed by atoms with Gasteiger partial charge in [-0.25, -0.2) is 8.78 Å². The molecule has 0 saturated carbocycles. The van der Waals surface area contributed by atoms with Crippen molar-refractivity contribution in [2.75, 3.05) is 11.1 Å². The molecule has 0 heterocycles. The molecule has 2 nitrogen and oxygen atoms in total. The highest BCUT2D eigenvalue weighted by Gasteiger charge is 2.06. The molecule has 88 valence electrons. The van der Waals surface area contributed by atoms with Gasteiger partial charge in [-0.3, -0.25) is 0 Å². The molecular weight excluding hydrogens is 290 g/mol. The van der Waals surface area contributed by atoms with E-state index in [1.807, 2.05) is 0 Å². The van der Waals surface area contributed by atoms with Gasteiger partial charge in [-0.05, 0) is 36.4 Å². The van der Waals surface area contributed by atoms with Crippen LogP contribution in [0.25, 0.3) is 0 Å². The molecule has 17 heavy (non-hydrogen) atoms. The Balaban J connectivity index is 2.34. The molecule has 5 heteroatoms. The highest BCUT2D eigenvalue weighted by molar-refractivity contribution is 9.10. The molecule has 0 aliphatic carbocycles. The van der Waals surface area contributed by atoms with Gasteiger partial charge in [0.2, 0.25) is 0 Å². The third-order valence-electron chi connectivity index (χ3n) is 2.21. The standard InChI is InChI=1S/C12H9BrF2N2/c13-7-1-3-9(15)12(5-7)17-11-4-2-8(14)6-10(11)16/h1-6,17H,16H2. The number of nitrogens with one attached hydrogen (secondary N) is 1. The van der Waals surface area contributed by atoms with Gasteiger partial charge in [0, 0.05) is 4.47 Å². The summed E-state index contributed by atoms with van der Waals surface area (Å²) in [6.45, 7) is 0. The second-order valence-electron chi connectivity index (χ2n) is 3.48. The van der Waals surface area contributed by atoms with Crippen LogP contribution in [0, 0.1) is 11.6 Å². The molecule has 3 N–H and O–H groups in total. The maximum absolute atomic E-state index is 13.5. The summed E-state index contributed by atoms with van der Waals surface area (Å²) in [5.74, 6) is -0.834. The Labute approximate surface area is 106 Å². The third kappa shape index (κ3) is 2.74. The maximum atomic E-state index is 13.5. The molecule has 0 aliphatic rings. The van der Waals surface area contributed by atoms with Gasteiger partial charge >= 0.3 is 0 Å². The summed E-state index contributed by atoms with van der Waals surface area (Å²) in [6.07, 6.45) is 0. The molecule has 0 amide bonds. The third-order valence-corrected chi connectivity index (χ3v) is 2.70. The lowest BCUT2D eigenvalue weighted by Crippen LogP contribution is -1.98. The first-order chi connectivity index (χ1) is 8.06. The molecule has 0 atom stereocenters. The lowest BCUT2D eigenvalue weighted by Gasteiger charge is -2.10. The van der Waals surface area contributed by atoms with Crippen molar-refractivity contribution in [3.8, 4) is 0 Å². The van der Waals surface area contributed by atoms with Crippen LogP contribution < -0.4 is 11.1 Å². The van der Waals surface area contributed by atoms with E-state index in [0.29, 0.717) is 5.69 Å². The first-order valence-corrected chi connectivity index (χ1v) is 5.62. The Hall–Kier alpha value is -1.62. The molecule has 0 aliphatic heterocycles. The SMILES string of the molecule is Nc1cc(F)ccc1Nc1cc(Br)ccc1F. The lowest BCUT2D eigenvalue weighted by atomic mass is 10.2. The summed E-state index contributed by atoms with van der Waals surface area (Å²) in [6, 6.07) is 8.40. The fourth-order valence-corrected chi connectivity index (χ4v) is 1.75. The predicted molar refractivity (Wildman–Crippen MR) is 68.2 cm³/mol. The Kier molecular flexibility index (Phi) is 3.28. The van der Waals surface area contributed by atoms with Crippen molar-refractivity contribution < 1.29 is 8.78 Å². The van der Waals surface area contributed by atoms with Gasteiger partial charge in [-0.2, -0.15) is 0 Å². The molecule has 0 fully saturated rings. The zero-order chi connectivity index (χ0) is 12.4. The Bertz CT molecular complexity index is 558. The van der Waals surface area contributed by atoms with Gasteiger partial charge in [0.25, 0.3) is 0 Å². The number of hydrogen-bond acceptors (Lipinski definition) is 2. The molecule has 0 radical (unpaired) electrons.